The Hall–Kier alpha value is -3.58. The molecule has 3 N–H and O–H groups in total. The number of phenols is 1. The van der Waals surface area contributed by atoms with Gasteiger partial charge in [0, 0.05) is 30.7 Å². The number of imide groups is 2. The lowest BCUT2D eigenvalue weighted by molar-refractivity contribution is -0.138. The minimum absolute atomic E-state index is 0.0979. The standard InChI is InChI=1S/C29H27BCl2N2O9/c1-33-26(38)28(31)12-18-16(23(29(28,32)27(33)39)22-19(42-2)10-15(35)11-20(22)43-3)7-8-17-21(18)25(37)34(24(17)36)14-6-4-5-13(9-14)30(40)41/h4-7,9-11,17-18,21,23,35,40-41H,8,12H2,1-3H3. The molecule has 14 heteroatoms. The van der Waals surface area contributed by atoms with Gasteiger partial charge in [0.15, 0.2) is 9.75 Å². The fourth-order valence-electron chi connectivity index (χ4n) is 7.35. The van der Waals surface area contributed by atoms with Gasteiger partial charge in [-0.2, -0.15) is 0 Å². The van der Waals surface area contributed by atoms with Crippen LogP contribution in [0.3, 0.4) is 0 Å². The highest BCUT2D eigenvalue weighted by molar-refractivity contribution is 6.58. The number of likely N-dealkylation sites (tertiary alicyclic amines) is 1. The van der Waals surface area contributed by atoms with E-state index in [0.717, 1.165) is 9.80 Å². The molecule has 11 nitrogen and oxygen atoms in total. The Bertz CT molecular complexity index is 1610. The summed E-state index contributed by atoms with van der Waals surface area (Å²) in [5, 5.41) is 29.7. The summed E-state index contributed by atoms with van der Waals surface area (Å²) in [6.07, 6.45) is 1.68. The fourth-order valence-corrected chi connectivity index (χ4v) is 8.35. The zero-order valence-corrected chi connectivity index (χ0v) is 24.8. The first kappa shape index (κ1) is 29.5. The van der Waals surface area contributed by atoms with Crippen LogP contribution in [0.2, 0.25) is 0 Å². The van der Waals surface area contributed by atoms with E-state index in [2.05, 4.69) is 0 Å². The van der Waals surface area contributed by atoms with Crippen LogP contribution in [0, 0.1) is 17.8 Å². The summed E-state index contributed by atoms with van der Waals surface area (Å²) in [6.45, 7) is 0. The first-order chi connectivity index (χ1) is 20.3. The molecule has 0 aromatic heterocycles. The first-order valence-corrected chi connectivity index (χ1v) is 14.3. The van der Waals surface area contributed by atoms with Crippen molar-refractivity contribution in [3.05, 3.63) is 53.6 Å². The molecule has 0 spiro atoms. The highest BCUT2D eigenvalue weighted by atomic mass is 35.5. The van der Waals surface area contributed by atoms with E-state index in [-0.39, 0.29) is 46.8 Å². The first-order valence-electron chi connectivity index (χ1n) is 13.5. The van der Waals surface area contributed by atoms with Crippen LogP contribution < -0.4 is 19.8 Å². The van der Waals surface area contributed by atoms with E-state index in [1.165, 1.54) is 57.7 Å². The number of benzene rings is 2. The number of anilines is 1. The van der Waals surface area contributed by atoms with E-state index in [0.29, 0.717) is 5.57 Å². The summed E-state index contributed by atoms with van der Waals surface area (Å²) < 4.78 is 11.2. The van der Waals surface area contributed by atoms with Gasteiger partial charge in [-0.1, -0.05) is 23.8 Å². The molecule has 2 saturated heterocycles. The van der Waals surface area contributed by atoms with Gasteiger partial charge < -0.3 is 24.6 Å². The lowest BCUT2D eigenvalue weighted by atomic mass is 9.56. The average Bonchev–Trinajstić information content (AvgIpc) is 3.31. The molecule has 6 rings (SSSR count). The fraction of sp³-hybridized carbons (Fsp3) is 0.379. The third-order valence-corrected chi connectivity index (χ3v) is 10.7. The second kappa shape index (κ2) is 9.98. The second-order valence-electron chi connectivity index (χ2n) is 11.2. The smallest absolute Gasteiger partial charge is 0.488 e. The van der Waals surface area contributed by atoms with E-state index < -0.39 is 64.2 Å². The van der Waals surface area contributed by atoms with Crippen molar-refractivity contribution in [3.8, 4) is 17.2 Å². The largest absolute Gasteiger partial charge is 0.508 e. The Morgan fingerprint density at radius 2 is 1.60 bits per heavy atom. The Balaban J connectivity index is 1.55. The lowest BCUT2D eigenvalue weighted by Crippen LogP contribution is -2.60. The molecule has 224 valence electrons. The van der Waals surface area contributed by atoms with Crippen molar-refractivity contribution in [1.82, 2.24) is 4.90 Å². The summed E-state index contributed by atoms with van der Waals surface area (Å²) in [7, 11) is 2.20. The normalized spacial score (nSPS) is 31.5. The number of methoxy groups -OCH3 is 2. The molecule has 2 aliphatic heterocycles. The van der Waals surface area contributed by atoms with E-state index in [9.17, 15) is 34.3 Å². The number of nitrogens with zero attached hydrogens (tertiary/aromatic N) is 2. The van der Waals surface area contributed by atoms with Gasteiger partial charge in [-0.05, 0) is 36.4 Å². The molecule has 1 saturated carbocycles. The van der Waals surface area contributed by atoms with E-state index in [4.69, 9.17) is 32.7 Å². The molecule has 0 bridgehead atoms. The number of ether oxygens (including phenoxy) is 2. The Kier molecular flexibility index (Phi) is 6.85. The van der Waals surface area contributed by atoms with Crippen LogP contribution in [-0.4, -0.2) is 81.8 Å². The summed E-state index contributed by atoms with van der Waals surface area (Å²) in [5.74, 6) is -6.17. The van der Waals surface area contributed by atoms with E-state index in [1.807, 2.05) is 0 Å². The van der Waals surface area contributed by atoms with Gasteiger partial charge in [0.1, 0.15) is 17.2 Å². The monoisotopic (exact) mass is 628 g/mol. The van der Waals surface area contributed by atoms with Gasteiger partial charge in [-0.25, -0.2) is 0 Å². The molecule has 43 heavy (non-hydrogen) atoms. The van der Waals surface area contributed by atoms with Crippen LogP contribution in [0.4, 0.5) is 5.69 Å². The number of carbonyl (C=O) groups is 4. The number of carbonyl (C=O) groups excluding carboxylic acids is 4. The summed E-state index contributed by atoms with van der Waals surface area (Å²) >= 11 is 14.4. The SMILES string of the molecule is COc1cc(O)cc(OC)c1C1C2=CCC3C(=O)N(c4cccc(B(O)O)c4)C(=O)C3C2CC2(Cl)C(=O)N(C)C(=O)C12Cl. The van der Waals surface area contributed by atoms with Crippen LogP contribution in [0.15, 0.2) is 48.0 Å². The minimum atomic E-state index is -2.07. The number of halogens is 2. The van der Waals surface area contributed by atoms with Crippen LogP contribution in [0.5, 0.6) is 17.2 Å². The van der Waals surface area contributed by atoms with Gasteiger partial charge in [0.2, 0.25) is 11.8 Å². The van der Waals surface area contributed by atoms with Crippen molar-refractivity contribution in [2.75, 3.05) is 26.2 Å². The van der Waals surface area contributed by atoms with Gasteiger partial charge in [-0.15, -0.1) is 23.2 Å². The molecule has 2 aromatic rings. The molecule has 2 aliphatic carbocycles. The number of allylic oxidation sites excluding steroid dienone is 2. The zero-order valence-electron chi connectivity index (χ0n) is 23.3. The Morgan fingerprint density at radius 1 is 0.953 bits per heavy atom. The van der Waals surface area contributed by atoms with Crippen molar-refractivity contribution >= 4 is 65.1 Å². The molecule has 0 radical (unpaired) electrons. The molecular formula is C29H27BCl2N2O9. The number of amides is 4. The maximum absolute atomic E-state index is 14.1. The van der Waals surface area contributed by atoms with E-state index >= 15 is 0 Å². The second-order valence-corrected chi connectivity index (χ2v) is 12.5. The van der Waals surface area contributed by atoms with Crippen molar-refractivity contribution in [2.24, 2.45) is 17.8 Å². The number of fused-ring (bicyclic) bond motifs is 4. The van der Waals surface area contributed by atoms with Crippen LogP contribution in [0.25, 0.3) is 0 Å². The highest BCUT2D eigenvalue weighted by Crippen LogP contribution is 2.67. The van der Waals surface area contributed by atoms with Crippen molar-refractivity contribution in [2.45, 2.75) is 28.5 Å². The summed E-state index contributed by atoms with van der Waals surface area (Å²) in [6, 6.07) is 8.47. The Morgan fingerprint density at radius 3 is 2.21 bits per heavy atom. The van der Waals surface area contributed by atoms with Gasteiger partial charge >= 0.3 is 7.12 Å². The van der Waals surface area contributed by atoms with Crippen LogP contribution in [-0.2, 0) is 19.2 Å². The lowest BCUT2D eigenvalue weighted by Gasteiger charge is -2.51. The topological polar surface area (TPSA) is 154 Å². The van der Waals surface area contributed by atoms with Crippen LogP contribution >= 0.6 is 23.2 Å². The third-order valence-electron chi connectivity index (χ3n) is 9.26. The predicted molar refractivity (Wildman–Crippen MR) is 155 cm³/mol. The molecule has 4 amide bonds. The van der Waals surface area contributed by atoms with Gasteiger partial charge in [0.25, 0.3) is 11.8 Å². The number of hydrogen-bond acceptors (Lipinski definition) is 9. The quantitative estimate of drug-likeness (QED) is 0.192. The number of alkyl halides is 2. The third kappa shape index (κ3) is 3.83. The Labute approximate surface area is 256 Å². The number of phenolic OH excluding ortho intramolecular Hbond substituents is 1. The molecular weight excluding hydrogens is 602 g/mol. The molecule has 3 fully saturated rings. The number of rotatable bonds is 5. The molecule has 2 aromatic carbocycles. The minimum Gasteiger partial charge on any atom is -0.508 e. The predicted octanol–water partition coefficient (Wildman–Crippen LogP) is 1.28. The maximum atomic E-state index is 14.1. The van der Waals surface area contributed by atoms with Crippen molar-refractivity contribution in [1.29, 1.82) is 0 Å². The number of hydrogen-bond donors (Lipinski definition) is 3. The molecule has 4 aliphatic rings. The zero-order chi connectivity index (χ0) is 31.2. The van der Waals surface area contributed by atoms with Gasteiger partial charge in [0.05, 0.1) is 31.7 Å². The summed E-state index contributed by atoms with van der Waals surface area (Å²) in [4.78, 5) is 53.2. The van der Waals surface area contributed by atoms with Crippen molar-refractivity contribution < 1.29 is 43.8 Å². The maximum Gasteiger partial charge on any atom is 0.488 e. The molecule has 6 unspecified atom stereocenters. The number of aromatic hydroxyl groups is 1. The highest BCUT2D eigenvalue weighted by Gasteiger charge is 2.76. The van der Waals surface area contributed by atoms with Crippen LogP contribution in [0.1, 0.15) is 24.3 Å². The summed E-state index contributed by atoms with van der Waals surface area (Å²) in [5.41, 5.74) is 1.05. The average molecular weight is 629 g/mol. The molecule has 6 atom stereocenters. The van der Waals surface area contributed by atoms with Gasteiger partial charge in [-0.3, -0.25) is 29.0 Å². The van der Waals surface area contributed by atoms with E-state index in [1.54, 1.807) is 6.08 Å². The van der Waals surface area contributed by atoms with Crippen molar-refractivity contribution in [3.63, 3.8) is 0 Å². The molecule has 2 heterocycles.